The van der Waals surface area contributed by atoms with Crippen LogP contribution in [0, 0.1) is 23.2 Å². The summed E-state index contributed by atoms with van der Waals surface area (Å²) in [6, 6.07) is 2.06. The summed E-state index contributed by atoms with van der Waals surface area (Å²) in [5.41, 5.74) is -0.456. The van der Waals surface area contributed by atoms with Gasteiger partial charge in [0.1, 0.15) is 25.2 Å². The monoisotopic (exact) mass is 237 g/mol. The second-order valence-corrected chi connectivity index (χ2v) is 4.61. The van der Waals surface area contributed by atoms with Crippen LogP contribution in [0.15, 0.2) is 0 Å². The highest BCUT2D eigenvalue weighted by Crippen LogP contribution is 2.06. The molecule has 4 heteroatoms. The second kappa shape index (κ2) is 7.29. The molecule has 0 aromatic carbocycles. The molecule has 94 valence electrons. The van der Waals surface area contributed by atoms with Gasteiger partial charge in [0.2, 0.25) is 0 Å². The maximum Gasteiger partial charge on any atom is 0.139 e. The molecule has 1 aliphatic heterocycles. The molecule has 1 aliphatic rings. The zero-order chi connectivity index (χ0) is 12.6. The van der Waals surface area contributed by atoms with Crippen molar-refractivity contribution >= 4 is 0 Å². The Balaban J connectivity index is 2.28. The fraction of sp³-hybridized carbons (Fsp3) is 0.769. The predicted molar refractivity (Wildman–Crippen MR) is 64.4 cm³/mol. The summed E-state index contributed by atoms with van der Waals surface area (Å²) in [4.78, 5) is 1.47. The van der Waals surface area contributed by atoms with Crippen LogP contribution in [0.4, 0.5) is 0 Å². The third-order valence-electron chi connectivity index (χ3n) is 2.60. The molecule has 0 amide bonds. The molecule has 0 aliphatic carbocycles. The van der Waals surface area contributed by atoms with Crippen LogP contribution in [0.3, 0.4) is 0 Å². The van der Waals surface area contributed by atoms with Gasteiger partial charge in [0.25, 0.3) is 0 Å². The van der Waals surface area contributed by atoms with Gasteiger partial charge < -0.3 is 14.4 Å². The van der Waals surface area contributed by atoms with E-state index in [0.717, 1.165) is 32.8 Å². The highest BCUT2D eigenvalue weighted by molar-refractivity contribution is 5.11. The number of nitrogens with one attached hydrogen (secondary N) is 1. The lowest BCUT2D eigenvalue weighted by molar-refractivity contribution is -0.900. The third-order valence-corrected chi connectivity index (χ3v) is 2.60. The van der Waals surface area contributed by atoms with Crippen molar-refractivity contribution in [3.05, 3.63) is 0 Å². The molecule has 0 atom stereocenters. The smallest absolute Gasteiger partial charge is 0.139 e. The molecule has 0 aromatic heterocycles. The first-order valence-electron chi connectivity index (χ1n) is 6.06. The Morgan fingerprint density at radius 2 is 2.06 bits per heavy atom. The van der Waals surface area contributed by atoms with Crippen LogP contribution >= 0.6 is 0 Å². The summed E-state index contributed by atoms with van der Waals surface area (Å²) in [5, 5.41) is 8.43. The molecule has 0 saturated carbocycles. The Bertz CT molecular complexity index is 317. The first-order chi connectivity index (χ1) is 8.14. The molecule has 1 N–H and O–H groups in total. The van der Waals surface area contributed by atoms with Crippen molar-refractivity contribution in [2.45, 2.75) is 25.9 Å². The standard InChI is InChI=1S/C13H20N2O2/c1-13(2,17-10-4-6-14)5-3-7-15-8-11-16-12-9-15/h4,7-12H2,1-2H3/p+1. The van der Waals surface area contributed by atoms with Crippen molar-refractivity contribution in [3.63, 3.8) is 0 Å². The van der Waals surface area contributed by atoms with Crippen LogP contribution < -0.4 is 4.90 Å². The van der Waals surface area contributed by atoms with Crippen molar-refractivity contribution in [1.82, 2.24) is 0 Å². The van der Waals surface area contributed by atoms with E-state index in [1.807, 2.05) is 13.8 Å². The summed E-state index contributed by atoms with van der Waals surface area (Å²) in [5.74, 6) is 6.29. The second-order valence-electron chi connectivity index (χ2n) is 4.61. The molecule has 1 heterocycles. The summed E-state index contributed by atoms with van der Waals surface area (Å²) < 4.78 is 10.8. The zero-order valence-electron chi connectivity index (χ0n) is 10.7. The Kier molecular flexibility index (Phi) is 6.00. The van der Waals surface area contributed by atoms with E-state index in [2.05, 4.69) is 17.9 Å². The lowest BCUT2D eigenvalue weighted by Gasteiger charge is -2.22. The van der Waals surface area contributed by atoms with Gasteiger partial charge >= 0.3 is 0 Å². The molecule has 0 bridgehead atoms. The largest absolute Gasteiger partial charge is 0.370 e. The van der Waals surface area contributed by atoms with E-state index in [0.29, 0.717) is 13.0 Å². The van der Waals surface area contributed by atoms with Crippen molar-refractivity contribution in [2.75, 3.05) is 39.5 Å². The molecule has 0 aromatic rings. The molecular formula is C13H21N2O2+. The number of hydrogen-bond acceptors (Lipinski definition) is 3. The van der Waals surface area contributed by atoms with Crippen LogP contribution in [-0.4, -0.2) is 45.1 Å². The van der Waals surface area contributed by atoms with E-state index in [1.165, 1.54) is 4.90 Å². The van der Waals surface area contributed by atoms with Crippen molar-refractivity contribution in [2.24, 2.45) is 0 Å². The molecular weight excluding hydrogens is 216 g/mol. The minimum absolute atomic E-state index is 0.416. The number of ether oxygens (including phenoxy) is 2. The normalized spacial score (nSPS) is 17.0. The van der Waals surface area contributed by atoms with E-state index in [9.17, 15) is 0 Å². The Morgan fingerprint density at radius 3 is 2.71 bits per heavy atom. The number of quaternary nitrogens is 1. The van der Waals surface area contributed by atoms with E-state index in [4.69, 9.17) is 14.7 Å². The number of nitrogens with zero attached hydrogens (tertiary/aromatic N) is 1. The first-order valence-corrected chi connectivity index (χ1v) is 6.06. The number of nitriles is 1. The SMILES string of the molecule is CC(C)(C#CC[NH+]1CCOCC1)OCCC#N. The van der Waals surface area contributed by atoms with Gasteiger partial charge in [-0.25, -0.2) is 0 Å². The van der Waals surface area contributed by atoms with Crippen molar-refractivity contribution in [1.29, 1.82) is 5.26 Å². The van der Waals surface area contributed by atoms with Gasteiger partial charge in [-0.2, -0.15) is 5.26 Å². The maximum absolute atomic E-state index is 8.43. The van der Waals surface area contributed by atoms with E-state index < -0.39 is 5.60 Å². The predicted octanol–water partition coefficient (Wildman–Crippen LogP) is -0.386. The number of morpholine rings is 1. The quantitative estimate of drug-likeness (QED) is 0.535. The Labute approximate surface area is 103 Å². The molecule has 17 heavy (non-hydrogen) atoms. The van der Waals surface area contributed by atoms with Crippen molar-refractivity contribution in [3.8, 4) is 17.9 Å². The average Bonchev–Trinajstić information content (AvgIpc) is 2.30. The van der Waals surface area contributed by atoms with Gasteiger partial charge in [0.15, 0.2) is 0 Å². The fourth-order valence-electron chi connectivity index (χ4n) is 1.61. The summed E-state index contributed by atoms with van der Waals surface area (Å²) in [6.07, 6.45) is 0.416. The average molecular weight is 237 g/mol. The maximum atomic E-state index is 8.43. The topological polar surface area (TPSA) is 46.7 Å². The molecule has 0 radical (unpaired) electrons. The fourth-order valence-corrected chi connectivity index (χ4v) is 1.61. The molecule has 0 spiro atoms. The summed E-state index contributed by atoms with van der Waals surface area (Å²) >= 11 is 0. The van der Waals surface area contributed by atoms with Gasteiger partial charge in [0.05, 0.1) is 32.3 Å². The lowest BCUT2D eigenvalue weighted by atomic mass is 10.1. The molecule has 1 rings (SSSR count). The summed E-state index contributed by atoms with van der Waals surface area (Å²) in [7, 11) is 0. The summed E-state index contributed by atoms with van der Waals surface area (Å²) in [6.45, 7) is 8.89. The number of hydrogen-bond donors (Lipinski definition) is 1. The number of rotatable bonds is 4. The molecule has 0 unspecified atom stereocenters. The third kappa shape index (κ3) is 6.28. The Morgan fingerprint density at radius 1 is 1.35 bits per heavy atom. The van der Waals surface area contributed by atoms with E-state index >= 15 is 0 Å². The van der Waals surface area contributed by atoms with Crippen LogP contribution in [0.2, 0.25) is 0 Å². The van der Waals surface area contributed by atoms with Gasteiger partial charge in [0, 0.05) is 0 Å². The molecule has 1 fully saturated rings. The zero-order valence-corrected chi connectivity index (χ0v) is 10.7. The van der Waals surface area contributed by atoms with Crippen LogP contribution in [0.5, 0.6) is 0 Å². The van der Waals surface area contributed by atoms with E-state index in [1.54, 1.807) is 0 Å². The van der Waals surface area contributed by atoms with Gasteiger partial charge in [-0.1, -0.05) is 5.92 Å². The highest BCUT2D eigenvalue weighted by atomic mass is 16.5. The van der Waals surface area contributed by atoms with Crippen LogP contribution in [0.1, 0.15) is 20.3 Å². The van der Waals surface area contributed by atoms with Crippen molar-refractivity contribution < 1.29 is 14.4 Å². The highest BCUT2D eigenvalue weighted by Gasteiger charge is 2.15. The first kappa shape index (κ1) is 14.0. The molecule has 4 nitrogen and oxygen atoms in total. The molecule has 1 saturated heterocycles. The van der Waals surface area contributed by atoms with Gasteiger partial charge in [-0.15, -0.1) is 0 Å². The lowest BCUT2D eigenvalue weighted by Crippen LogP contribution is -3.14. The Hall–Kier alpha value is -1.07. The van der Waals surface area contributed by atoms with E-state index in [-0.39, 0.29) is 0 Å². The minimum atomic E-state index is -0.456. The van der Waals surface area contributed by atoms with Gasteiger partial charge in [-0.05, 0) is 19.8 Å². The van der Waals surface area contributed by atoms with Crippen LogP contribution in [0.25, 0.3) is 0 Å². The minimum Gasteiger partial charge on any atom is -0.370 e. The van der Waals surface area contributed by atoms with Gasteiger partial charge in [-0.3, -0.25) is 0 Å². The van der Waals surface area contributed by atoms with Crippen LogP contribution in [-0.2, 0) is 9.47 Å².